The van der Waals surface area contributed by atoms with E-state index in [2.05, 4.69) is 15.7 Å². The molecule has 0 radical (unpaired) electrons. The third-order valence-electron chi connectivity index (χ3n) is 4.59. The SMILES string of the molecule is Cc1nn(-c2ccccc2)c(C)c1NC(=O)C[NH+](C)CC(=O)Nc1cccc(F)c1. The summed E-state index contributed by atoms with van der Waals surface area (Å²) in [6.45, 7) is 3.91. The second-order valence-corrected chi connectivity index (χ2v) is 7.21. The second kappa shape index (κ2) is 9.32. The fourth-order valence-electron chi connectivity index (χ4n) is 3.21. The molecule has 0 fully saturated rings. The number of nitrogens with one attached hydrogen (secondary N) is 3. The van der Waals surface area contributed by atoms with Crippen LogP contribution in [0.3, 0.4) is 0 Å². The van der Waals surface area contributed by atoms with Crippen molar-refractivity contribution in [3.63, 3.8) is 0 Å². The molecule has 0 aliphatic carbocycles. The number of rotatable bonds is 7. The second-order valence-electron chi connectivity index (χ2n) is 7.21. The zero-order valence-electron chi connectivity index (χ0n) is 17.2. The molecule has 0 bridgehead atoms. The third kappa shape index (κ3) is 5.30. The van der Waals surface area contributed by atoms with Crippen molar-refractivity contribution in [3.05, 3.63) is 71.8 Å². The van der Waals surface area contributed by atoms with Crippen LogP contribution < -0.4 is 15.5 Å². The van der Waals surface area contributed by atoms with Crippen LogP contribution in [0.5, 0.6) is 0 Å². The van der Waals surface area contributed by atoms with Crippen LogP contribution in [-0.4, -0.2) is 41.7 Å². The van der Waals surface area contributed by atoms with Gasteiger partial charge in [-0.05, 0) is 44.2 Å². The van der Waals surface area contributed by atoms with E-state index < -0.39 is 5.82 Å². The van der Waals surface area contributed by atoms with Gasteiger partial charge in [0.05, 0.1) is 29.8 Å². The quantitative estimate of drug-likeness (QED) is 0.555. The van der Waals surface area contributed by atoms with Gasteiger partial charge < -0.3 is 15.5 Å². The van der Waals surface area contributed by atoms with Crippen LogP contribution in [0.25, 0.3) is 5.69 Å². The Bertz CT molecular complexity index is 1050. The molecule has 2 aromatic carbocycles. The Balaban J connectivity index is 1.57. The standard InChI is InChI=1S/C22H24FN5O2/c1-15-22(16(2)28(26-15)19-10-5-4-6-11-19)25-21(30)14-27(3)13-20(29)24-18-9-7-8-17(23)12-18/h4-12H,13-14H2,1-3H3,(H,24,29)(H,25,30)/p+1. The fourth-order valence-corrected chi connectivity index (χ4v) is 3.21. The van der Waals surface area contributed by atoms with Crippen LogP contribution in [0.1, 0.15) is 11.4 Å². The van der Waals surface area contributed by atoms with Gasteiger partial charge >= 0.3 is 0 Å². The van der Waals surface area contributed by atoms with Crippen molar-refractivity contribution in [1.82, 2.24) is 9.78 Å². The third-order valence-corrected chi connectivity index (χ3v) is 4.59. The number of aryl methyl sites for hydroxylation is 1. The van der Waals surface area contributed by atoms with E-state index in [-0.39, 0.29) is 24.9 Å². The summed E-state index contributed by atoms with van der Waals surface area (Å²) in [5.74, 6) is -0.935. The van der Waals surface area contributed by atoms with Crippen molar-refractivity contribution in [1.29, 1.82) is 0 Å². The first-order chi connectivity index (χ1) is 14.3. The minimum absolute atomic E-state index is 0.0746. The van der Waals surface area contributed by atoms with Gasteiger partial charge in [0.15, 0.2) is 13.1 Å². The molecule has 0 saturated heterocycles. The first kappa shape index (κ1) is 21.2. The first-order valence-corrected chi connectivity index (χ1v) is 9.61. The van der Waals surface area contributed by atoms with Crippen LogP contribution >= 0.6 is 0 Å². The molecule has 0 saturated carbocycles. The lowest BCUT2D eigenvalue weighted by Gasteiger charge is -2.14. The molecule has 3 N–H and O–H groups in total. The number of halogens is 1. The molecule has 1 atom stereocenters. The molecular weight excluding hydrogens is 385 g/mol. The number of benzene rings is 2. The lowest BCUT2D eigenvalue weighted by atomic mass is 10.3. The van der Waals surface area contributed by atoms with E-state index in [1.54, 1.807) is 17.8 Å². The van der Waals surface area contributed by atoms with Gasteiger partial charge in [-0.2, -0.15) is 5.10 Å². The van der Waals surface area contributed by atoms with Crippen molar-refractivity contribution < 1.29 is 18.9 Å². The average Bonchev–Trinajstić information content (AvgIpc) is 2.96. The molecule has 3 rings (SSSR count). The van der Waals surface area contributed by atoms with Crippen LogP contribution in [-0.2, 0) is 9.59 Å². The molecule has 0 aliphatic rings. The Morgan fingerprint density at radius 3 is 2.33 bits per heavy atom. The maximum atomic E-state index is 13.2. The molecule has 3 aromatic rings. The summed E-state index contributed by atoms with van der Waals surface area (Å²) in [5, 5.41) is 10.1. The smallest absolute Gasteiger partial charge is 0.279 e. The minimum atomic E-state index is -0.422. The predicted molar refractivity (Wildman–Crippen MR) is 113 cm³/mol. The van der Waals surface area contributed by atoms with Crippen LogP contribution in [0, 0.1) is 19.7 Å². The number of carbonyl (C=O) groups is 2. The fraction of sp³-hybridized carbons (Fsp3) is 0.227. The maximum absolute atomic E-state index is 13.2. The minimum Gasteiger partial charge on any atom is -0.322 e. The van der Waals surface area contributed by atoms with Crippen LogP contribution in [0.2, 0.25) is 0 Å². The molecule has 1 aromatic heterocycles. The molecule has 8 heteroatoms. The number of para-hydroxylation sites is 1. The summed E-state index contributed by atoms with van der Waals surface area (Å²) in [6, 6.07) is 15.4. The molecule has 156 valence electrons. The topological polar surface area (TPSA) is 80.5 Å². The van der Waals surface area contributed by atoms with Crippen molar-refractivity contribution in [2.45, 2.75) is 13.8 Å². The Morgan fingerprint density at radius 1 is 1.00 bits per heavy atom. The van der Waals surface area contributed by atoms with Gasteiger partial charge in [0.2, 0.25) is 0 Å². The highest BCUT2D eigenvalue weighted by molar-refractivity contribution is 5.93. The van der Waals surface area contributed by atoms with Gasteiger partial charge in [-0.15, -0.1) is 0 Å². The highest BCUT2D eigenvalue weighted by Crippen LogP contribution is 2.22. The number of aromatic nitrogens is 2. The van der Waals surface area contributed by atoms with Gasteiger partial charge in [0, 0.05) is 5.69 Å². The normalized spacial score (nSPS) is 11.7. The van der Waals surface area contributed by atoms with Gasteiger partial charge in [-0.3, -0.25) is 9.59 Å². The summed E-state index contributed by atoms with van der Waals surface area (Å²) in [7, 11) is 1.75. The number of quaternary nitrogens is 1. The van der Waals surface area contributed by atoms with Gasteiger partial charge in [0.25, 0.3) is 11.8 Å². The number of amides is 2. The zero-order chi connectivity index (χ0) is 21.7. The van der Waals surface area contributed by atoms with E-state index in [0.717, 1.165) is 11.4 Å². The summed E-state index contributed by atoms with van der Waals surface area (Å²) in [5.41, 5.74) is 3.51. The van der Waals surface area contributed by atoms with E-state index in [4.69, 9.17) is 0 Å². The predicted octanol–water partition coefficient (Wildman–Crippen LogP) is 1.72. The zero-order valence-corrected chi connectivity index (χ0v) is 17.2. The Labute approximate surface area is 174 Å². The van der Waals surface area contributed by atoms with E-state index in [0.29, 0.717) is 22.0 Å². The lowest BCUT2D eigenvalue weighted by Crippen LogP contribution is -3.11. The maximum Gasteiger partial charge on any atom is 0.279 e. The van der Waals surface area contributed by atoms with Crippen molar-refractivity contribution in [2.75, 3.05) is 30.8 Å². The van der Waals surface area contributed by atoms with Gasteiger partial charge in [0.1, 0.15) is 5.82 Å². The number of hydrogen-bond acceptors (Lipinski definition) is 3. The number of hydrogen-bond donors (Lipinski definition) is 3. The van der Waals surface area contributed by atoms with Gasteiger partial charge in [-0.25, -0.2) is 9.07 Å². The average molecular weight is 410 g/mol. The highest BCUT2D eigenvalue weighted by atomic mass is 19.1. The molecule has 7 nitrogen and oxygen atoms in total. The molecule has 0 spiro atoms. The lowest BCUT2D eigenvalue weighted by molar-refractivity contribution is -0.862. The van der Waals surface area contributed by atoms with E-state index >= 15 is 0 Å². The van der Waals surface area contributed by atoms with Crippen molar-refractivity contribution in [3.8, 4) is 5.69 Å². The molecule has 1 unspecified atom stereocenters. The number of anilines is 2. The summed E-state index contributed by atoms with van der Waals surface area (Å²) in [4.78, 5) is 25.4. The Hall–Kier alpha value is -3.52. The van der Waals surface area contributed by atoms with Crippen molar-refractivity contribution in [2.24, 2.45) is 0 Å². The molecular formula is C22H25FN5O2+. The first-order valence-electron chi connectivity index (χ1n) is 9.61. The summed E-state index contributed by atoms with van der Waals surface area (Å²) < 4.78 is 15.0. The largest absolute Gasteiger partial charge is 0.322 e. The molecule has 1 heterocycles. The van der Waals surface area contributed by atoms with Crippen molar-refractivity contribution >= 4 is 23.2 Å². The summed E-state index contributed by atoms with van der Waals surface area (Å²) >= 11 is 0. The van der Waals surface area contributed by atoms with E-state index in [1.807, 2.05) is 44.2 Å². The number of carbonyl (C=O) groups excluding carboxylic acids is 2. The van der Waals surface area contributed by atoms with E-state index in [1.165, 1.54) is 18.2 Å². The molecule has 30 heavy (non-hydrogen) atoms. The highest BCUT2D eigenvalue weighted by Gasteiger charge is 2.19. The Kier molecular flexibility index (Phi) is 6.58. The Morgan fingerprint density at radius 2 is 1.67 bits per heavy atom. The van der Waals surface area contributed by atoms with Gasteiger partial charge in [-0.1, -0.05) is 24.3 Å². The van der Waals surface area contributed by atoms with E-state index in [9.17, 15) is 14.0 Å². The van der Waals surface area contributed by atoms with Crippen LogP contribution in [0.15, 0.2) is 54.6 Å². The number of likely N-dealkylation sites (N-methyl/N-ethyl adjacent to an activating group) is 1. The number of nitrogens with zero attached hydrogens (tertiary/aromatic N) is 2. The summed E-state index contributed by atoms with van der Waals surface area (Å²) in [6.07, 6.45) is 0. The van der Waals surface area contributed by atoms with Crippen LogP contribution in [0.4, 0.5) is 15.8 Å². The molecule has 0 aliphatic heterocycles. The molecule has 2 amide bonds. The monoisotopic (exact) mass is 410 g/mol.